The zero-order valence-corrected chi connectivity index (χ0v) is 16.5. The first-order chi connectivity index (χ1) is 13.6. The van der Waals surface area contributed by atoms with E-state index in [0.717, 1.165) is 16.4 Å². The summed E-state index contributed by atoms with van der Waals surface area (Å²) in [6, 6.07) is 15.5. The van der Waals surface area contributed by atoms with Crippen LogP contribution in [0.4, 0.5) is 5.69 Å². The number of carbonyl (C=O) groups excluding carboxylic acids is 1. The predicted octanol–water partition coefficient (Wildman–Crippen LogP) is 3.98. The molecule has 28 heavy (non-hydrogen) atoms. The van der Waals surface area contributed by atoms with Crippen molar-refractivity contribution >= 4 is 23.4 Å². The summed E-state index contributed by atoms with van der Waals surface area (Å²) in [6.07, 6.45) is 1.84. The summed E-state index contributed by atoms with van der Waals surface area (Å²) in [5.74, 6) is 1.26. The zero-order chi connectivity index (χ0) is 19.5. The Kier molecular flexibility index (Phi) is 5.25. The number of hydrogen-bond donors (Lipinski definition) is 1. The highest BCUT2D eigenvalue weighted by Gasteiger charge is 2.20. The van der Waals surface area contributed by atoms with Crippen molar-refractivity contribution in [1.29, 1.82) is 0 Å². The van der Waals surface area contributed by atoms with Crippen molar-refractivity contribution in [3.05, 3.63) is 54.7 Å². The molecule has 3 aromatic rings. The van der Waals surface area contributed by atoms with Gasteiger partial charge in [0.15, 0.2) is 16.7 Å². The van der Waals surface area contributed by atoms with E-state index in [1.807, 2.05) is 67.2 Å². The minimum Gasteiger partial charge on any atom is -0.486 e. The first-order valence-electron chi connectivity index (χ1n) is 9.06. The Morgan fingerprint density at radius 1 is 1.14 bits per heavy atom. The third kappa shape index (κ3) is 3.84. The van der Waals surface area contributed by atoms with Crippen molar-refractivity contribution in [1.82, 2.24) is 9.55 Å². The standard InChI is InChI=1S/C21H21N3O3S/c1-14(20(25)23-16-8-9-18-19(12-16)27-11-10-26-18)28-21-22-13-17(24(21)2)15-6-4-3-5-7-15/h3-9,12-14H,10-11H2,1-2H3,(H,23,25)/t14-/m0/s1. The van der Waals surface area contributed by atoms with Gasteiger partial charge in [-0.25, -0.2) is 4.98 Å². The third-order valence-corrected chi connectivity index (χ3v) is 5.63. The molecule has 1 aromatic heterocycles. The van der Waals surface area contributed by atoms with Gasteiger partial charge in [-0.1, -0.05) is 42.1 Å². The van der Waals surface area contributed by atoms with Crippen LogP contribution < -0.4 is 14.8 Å². The third-order valence-electron chi connectivity index (χ3n) is 4.48. The van der Waals surface area contributed by atoms with Crippen LogP contribution in [0.1, 0.15) is 6.92 Å². The molecule has 6 nitrogen and oxygen atoms in total. The average Bonchev–Trinajstić information content (AvgIpc) is 3.08. The molecule has 0 radical (unpaired) electrons. The van der Waals surface area contributed by atoms with E-state index in [1.165, 1.54) is 11.8 Å². The number of nitrogens with zero attached hydrogens (tertiary/aromatic N) is 2. The molecule has 0 bridgehead atoms. The molecule has 0 saturated carbocycles. The largest absolute Gasteiger partial charge is 0.486 e. The first kappa shape index (κ1) is 18.4. The summed E-state index contributed by atoms with van der Waals surface area (Å²) in [5, 5.41) is 3.43. The van der Waals surface area contributed by atoms with Gasteiger partial charge in [-0.05, 0) is 24.6 Å². The quantitative estimate of drug-likeness (QED) is 0.662. The van der Waals surface area contributed by atoms with Crippen molar-refractivity contribution in [3.8, 4) is 22.8 Å². The van der Waals surface area contributed by atoms with E-state index in [1.54, 1.807) is 6.07 Å². The van der Waals surface area contributed by atoms with E-state index >= 15 is 0 Å². The second-order valence-electron chi connectivity index (χ2n) is 6.46. The maximum absolute atomic E-state index is 12.6. The minimum absolute atomic E-state index is 0.0917. The number of anilines is 1. The molecule has 1 amide bonds. The summed E-state index contributed by atoms with van der Waals surface area (Å²) in [5.41, 5.74) is 2.80. The van der Waals surface area contributed by atoms with Gasteiger partial charge in [0.25, 0.3) is 0 Å². The molecule has 1 N–H and O–H groups in total. The molecule has 0 aliphatic carbocycles. The highest BCUT2D eigenvalue weighted by atomic mass is 32.2. The number of benzene rings is 2. The van der Waals surface area contributed by atoms with E-state index in [9.17, 15) is 4.79 Å². The van der Waals surface area contributed by atoms with Crippen molar-refractivity contribution in [3.63, 3.8) is 0 Å². The molecule has 0 saturated heterocycles. The summed E-state index contributed by atoms with van der Waals surface area (Å²) in [7, 11) is 1.96. The lowest BCUT2D eigenvalue weighted by molar-refractivity contribution is -0.115. The van der Waals surface area contributed by atoms with Crippen LogP contribution >= 0.6 is 11.8 Å². The van der Waals surface area contributed by atoms with Gasteiger partial charge in [0.2, 0.25) is 5.91 Å². The summed E-state index contributed by atoms with van der Waals surface area (Å²) in [4.78, 5) is 17.1. The molecule has 1 aliphatic heterocycles. The average molecular weight is 395 g/mol. The number of thioether (sulfide) groups is 1. The molecule has 1 atom stereocenters. The molecular weight excluding hydrogens is 374 g/mol. The van der Waals surface area contributed by atoms with E-state index < -0.39 is 0 Å². The molecule has 7 heteroatoms. The van der Waals surface area contributed by atoms with Gasteiger partial charge in [-0.15, -0.1) is 0 Å². The molecular formula is C21H21N3O3S. The molecule has 0 fully saturated rings. The van der Waals surface area contributed by atoms with Crippen molar-refractivity contribution in [2.24, 2.45) is 7.05 Å². The van der Waals surface area contributed by atoms with Crippen LogP contribution in [-0.2, 0) is 11.8 Å². The molecule has 0 unspecified atom stereocenters. The molecule has 4 rings (SSSR count). The number of ether oxygens (including phenoxy) is 2. The van der Waals surface area contributed by atoms with Crippen LogP contribution in [0.5, 0.6) is 11.5 Å². The molecule has 0 spiro atoms. The SMILES string of the molecule is C[C@H](Sc1ncc(-c2ccccc2)n1C)C(=O)Nc1ccc2c(c1)OCCO2. The van der Waals surface area contributed by atoms with E-state index in [4.69, 9.17) is 9.47 Å². The van der Waals surface area contributed by atoms with Gasteiger partial charge >= 0.3 is 0 Å². The summed E-state index contributed by atoms with van der Waals surface area (Å²) >= 11 is 1.43. The summed E-state index contributed by atoms with van der Waals surface area (Å²) < 4.78 is 13.1. The Hall–Kier alpha value is -2.93. The Balaban J connectivity index is 1.43. The van der Waals surface area contributed by atoms with Gasteiger partial charge in [0, 0.05) is 18.8 Å². The highest BCUT2D eigenvalue weighted by molar-refractivity contribution is 8.00. The van der Waals surface area contributed by atoms with Crippen LogP contribution in [0.2, 0.25) is 0 Å². The Morgan fingerprint density at radius 2 is 1.89 bits per heavy atom. The maximum Gasteiger partial charge on any atom is 0.237 e. The second kappa shape index (κ2) is 7.98. The van der Waals surface area contributed by atoms with Crippen LogP contribution in [0, 0.1) is 0 Å². The fourth-order valence-corrected chi connectivity index (χ4v) is 3.81. The zero-order valence-electron chi connectivity index (χ0n) is 15.7. The molecule has 1 aliphatic rings. The fraction of sp³-hybridized carbons (Fsp3) is 0.238. The Labute approximate surface area is 167 Å². The molecule has 2 heterocycles. The highest BCUT2D eigenvalue weighted by Crippen LogP contribution is 2.33. The van der Waals surface area contributed by atoms with Crippen molar-refractivity contribution in [2.75, 3.05) is 18.5 Å². The lowest BCUT2D eigenvalue weighted by Crippen LogP contribution is -2.23. The predicted molar refractivity (Wildman–Crippen MR) is 110 cm³/mol. The number of fused-ring (bicyclic) bond motifs is 1. The monoisotopic (exact) mass is 395 g/mol. The topological polar surface area (TPSA) is 65.4 Å². The van der Waals surface area contributed by atoms with Crippen molar-refractivity contribution < 1.29 is 14.3 Å². The Morgan fingerprint density at radius 3 is 2.68 bits per heavy atom. The number of hydrogen-bond acceptors (Lipinski definition) is 5. The Bertz CT molecular complexity index is 988. The fourth-order valence-electron chi connectivity index (χ4n) is 2.96. The van der Waals surface area contributed by atoms with Crippen LogP contribution in [0.15, 0.2) is 59.9 Å². The second-order valence-corrected chi connectivity index (χ2v) is 7.77. The van der Waals surface area contributed by atoms with Crippen molar-refractivity contribution in [2.45, 2.75) is 17.3 Å². The number of carbonyl (C=O) groups is 1. The van der Waals surface area contributed by atoms with E-state index in [2.05, 4.69) is 10.3 Å². The van der Waals surface area contributed by atoms with E-state index in [-0.39, 0.29) is 11.2 Å². The first-order valence-corrected chi connectivity index (χ1v) is 9.94. The van der Waals surface area contributed by atoms with Crippen LogP contribution in [0.25, 0.3) is 11.3 Å². The van der Waals surface area contributed by atoms with Gasteiger partial charge < -0.3 is 19.4 Å². The number of rotatable bonds is 5. The van der Waals surface area contributed by atoms with E-state index in [0.29, 0.717) is 30.4 Å². The van der Waals surface area contributed by atoms with Gasteiger partial charge in [-0.3, -0.25) is 4.79 Å². The normalized spacial score (nSPS) is 13.8. The number of nitrogens with one attached hydrogen (secondary N) is 1. The smallest absolute Gasteiger partial charge is 0.237 e. The number of imidazole rings is 1. The molecule has 144 valence electrons. The lowest BCUT2D eigenvalue weighted by atomic mass is 10.2. The number of amides is 1. The van der Waals surface area contributed by atoms with Crippen LogP contribution in [0.3, 0.4) is 0 Å². The van der Waals surface area contributed by atoms with Gasteiger partial charge in [0.1, 0.15) is 13.2 Å². The molecule has 2 aromatic carbocycles. The lowest BCUT2D eigenvalue weighted by Gasteiger charge is -2.19. The van der Waals surface area contributed by atoms with Gasteiger partial charge in [-0.2, -0.15) is 0 Å². The number of aromatic nitrogens is 2. The minimum atomic E-state index is -0.307. The summed E-state index contributed by atoms with van der Waals surface area (Å²) in [6.45, 7) is 2.93. The van der Waals surface area contributed by atoms with Crippen LogP contribution in [-0.4, -0.2) is 33.9 Å². The maximum atomic E-state index is 12.6. The van der Waals surface area contributed by atoms with Gasteiger partial charge in [0.05, 0.1) is 17.1 Å².